The molecule has 0 aliphatic heterocycles. The van der Waals surface area contributed by atoms with Gasteiger partial charge < -0.3 is 0 Å². The van der Waals surface area contributed by atoms with Crippen molar-refractivity contribution < 1.29 is 0 Å². The summed E-state index contributed by atoms with van der Waals surface area (Å²) in [7, 11) is 0. The molecule has 0 aromatic carbocycles. The van der Waals surface area contributed by atoms with Crippen LogP contribution in [0.25, 0.3) is 0 Å². The van der Waals surface area contributed by atoms with Gasteiger partial charge in [0.2, 0.25) is 0 Å². The molecular weight excluding hydrogens is 212 g/mol. The molecule has 0 aromatic rings. The van der Waals surface area contributed by atoms with Gasteiger partial charge >= 0.3 is 0 Å². The largest absolute Gasteiger partial charge is 0.0888 e. The van der Waals surface area contributed by atoms with E-state index in [1.54, 1.807) is 0 Å². The predicted molar refractivity (Wildman–Crippen MR) is 58.7 cm³/mol. The number of hydrogen-bond acceptors (Lipinski definition) is 0. The van der Waals surface area contributed by atoms with Crippen LogP contribution >= 0.6 is 15.9 Å². The molecule has 0 saturated heterocycles. The average molecular weight is 233 g/mol. The number of halogens is 1. The van der Waals surface area contributed by atoms with Crippen molar-refractivity contribution in [3.63, 3.8) is 0 Å². The van der Waals surface area contributed by atoms with Gasteiger partial charge in [-0.15, -0.1) is 0 Å². The van der Waals surface area contributed by atoms with Crippen LogP contribution in [0.5, 0.6) is 0 Å². The second-order valence-corrected chi connectivity index (χ2v) is 5.94. The van der Waals surface area contributed by atoms with Crippen molar-refractivity contribution in [3.8, 4) is 0 Å². The lowest BCUT2D eigenvalue weighted by molar-refractivity contribution is 0.135. The summed E-state index contributed by atoms with van der Waals surface area (Å²) in [6.45, 7) is 7.14. The molecule has 1 aliphatic carbocycles. The van der Waals surface area contributed by atoms with Gasteiger partial charge in [-0.05, 0) is 30.6 Å². The van der Waals surface area contributed by atoms with Crippen molar-refractivity contribution in [2.75, 3.05) is 0 Å². The standard InChI is InChI=1S/C11H21Br/c1-4-10(12)9-7-5-6-8-11(9,2)3/h9-10H,4-8H2,1-3H3. The minimum atomic E-state index is 0.572. The van der Waals surface area contributed by atoms with Gasteiger partial charge in [-0.1, -0.05) is 49.5 Å². The minimum absolute atomic E-state index is 0.572. The first-order valence-electron chi connectivity index (χ1n) is 5.22. The summed E-state index contributed by atoms with van der Waals surface area (Å²) in [6, 6.07) is 0. The molecule has 1 heteroatoms. The summed E-state index contributed by atoms with van der Waals surface area (Å²) in [5, 5.41) is 0. The maximum Gasteiger partial charge on any atom is 0.0176 e. The second kappa shape index (κ2) is 4.13. The van der Waals surface area contributed by atoms with Crippen molar-refractivity contribution >= 4 is 15.9 Å². The monoisotopic (exact) mass is 232 g/mol. The molecule has 0 heterocycles. The van der Waals surface area contributed by atoms with Crippen molar-refractivity contribution in [3.05, 3.63) is 0 Å². The molecule has 1 saturated carbocycles. The maximum atomic E-state index is 3.81. The third kappa shape index (κ3) is 2.25. The van der Waals surface area contributed by atoms with Gasteiger partial charge in [-0.3, -0.25) is 0 Å². The van der Waals surface area contributed by atoms with Gasteiger partial charge in [0.1, 0.15) is 0 Å². The van der Waals surface area contributed by atoms with Crippen molar-refractivity contribution in [2.24, 2.45) is 11.3 Å². The first kappa shape index (κ1) is 10.6. The highest BCUT2D eigenvalue weighted by Crippen LogP contribution is 2.44. The molecular formula is C11H21Br. The molecule has 1 rings (SSSR count). The van der Waals surface area contributed by atoms with Crippen LogP contribution in [-0.4, -0.2) is 4.83 Å². The lowest BCUT2D eigenvalue weighted by Gasteiger charge is -2.41. The zero-order chi connectivity index (χ0) is 9.19. The molecule has 0 spiro atoms. The van der Waals surface area contributed by atoms with Gasteiger partial charge in [0, 0.05) is 4.83 Å². The number of rotatable bonds is 2. The summed E-state index contributed by atoms with van der Waals surface area (Å²) in [5.74, 6) is 0.899. The van der Waals surface area contributed by atoms with Gasteiger partial charge in [-0.2, -0.15) is 0 Å². The smallest absolute Gasteiger partial charge is 0.0176 e. The fraction of sp³-hybridized carbons (Fsp3) is 1.00. The van der Waals surface area contributed by atoms with Crippen LogP contribution in [0.4, 0.5) is 0 Å². The molecule has 2 atom stereocenters. The van der Waals surface area contributed by atoms with Crippen molar-refractivity contribution in [1.82, 2.24) is 0 Å². The molecule has 1 fully saturated rings. The first-order chi connectivity index (χ1) is 5.58. The second-order valence-electron chi connectivity index (χ2n) is 4.77. The van der Waals surface area contributed by atoms with E-state index in [0.717, 1.165) is 10.7 Å². The molecule has 0 radical (unpaired) electrons. The minimum Gasteiger partial charge on any atom is -0.0888 e. The Labute approximate surface area is 85.3 Å². The van der Waals surface area contributed by atoms with E-state index in [9.17, 15) is 0 Å². The Morgan fingerprint density at radius 3 is 2.58 bits per heavy atom. The van der Waals surface area contributed by atoms with Crippen LogP contribution in [0.15, 0.2) is 0 Å². The molecule has 12 heavy (non-hydrogen) atoms. The average Bonchev–Trinajstić information content (AvgIpc) is 2.02. The number of hydrogen-bond donors (Lipinski definition) is 0. The lowest BCUT2D eigenvalue weighted by atomic mass is 9.67. The summed E-state index contributed by atoms with van der Waals surface area (Å²) in [4.78, 5) is 0.743. The van der Waals surface area contributed by atoms with Crippen LogP contribution in [-0.2, 0) is 0 Å². The Bertz CT molecular complexity index is 140. The van der Waals surface area contributed by atoms with Crippen LogP contribution in [0, 0.1) is 11.3 Å². The molecule has 0 amide bonds. The highest BCUT2D eigenvalue weighted by Gasteiger charge is 2.35. The van der Waals surface area contributed by atoms with Crippen LogP contribution < -0.4 is 0 Å². The van der Waals surface area contributed by atoms with E-state index in [0.29, 0.717) is 5.41 Å². The van der Waals surface area contributed by atoms with E-state index in [1.165, 1.54) is 32.1 Å². The predicted octanol–water partition coefficient (Wildman–Crippen LogP) is 4.38. The summed E-state index contributed by atoms with van der Waals surface area (Å²) in [6.07, 6.45) is 6.99. The molecule has 1 aliphatic rings. The Morgan fingerprint density at radius 1 is 1.42 bits per heavy atom. The highest BCUT2D eigenvalue weighted by molar-refractivity contribution is 9.09. The quantitative estimate of drug-likeness (QED) is 0.621. The molecule has 0 nitrogen and oxygen atoms in total. The van der Waals surface area contributed by atoms with E-state index < -0.39 is 0 Å². The number of alkyl halides is 1. The zero-order valence-electron chi connectivity index (χ0n) is 8.57. The maximum absolute atomic E-state index is 3.81. The van der Waals surface area contributed by atoms with E-state index in [-0.39, 0.29) is 0 Å². The third-order valence-corrected chi connectivity index (χ3v) is 4.70. The normalized spacial score (nSPS) is 31.5. The SMILES string of the molecule is CCC(Br)C1CCCCC1(C)C. The van der Waals surface area contributed by atoms with Crippen LogP contribution in [0.3, 0.4) is 0 Å². The Balaban J connectivity index is 2.59. The molecule has 2 unspecified atom stereocenters. The topological polar surface area (TPSA) is 0 Å². The first-order valence-corrected chi connectivity index (χ1v) is 6.13. The molecule has 0 bridgehead atoms. The van der Waals surface area contributed by atoms with Gasteiger partial charge in [0.15, 0.2) is 0 Å². The van der Waals surface area contributed by atoms with Crippen molar-refractivity contribution in [2.45, 2.75) is 57.7 Å². The van der Waals surface area contributed by atoms with Gasteiger partial charge in [0.05, 0.1) is 0 Å². The zero-order valence-corrected chi connectivity index (χ0v) is 10.2. The third-order valence-electron chi connectivity index (χ3n) is 3.42. The fourth-order valence-electron chi connectivity index (χ4n) is 2.48. The Kier molecular flexibility index (Phi) is 3.63. The van der Waals surface area contributed by atoms with E-state index >= 15 is 0 Å². The van der Waals surface area contributed by atoms with Crippen LogP contribution in [0.2, 0.25) is 0 Å². The van der Waals surface area contributed by atoms with Crippen molar-refractivity contribution in [1.29, 1.82) is 0 Å². The summed E-state index contributed by atoms with van der Waals surface area (Å²) in [5.41, 5.74) is 0.572. The Hall–Kier alpha value is 0.480. The highest BCUT2D eigenvalue weighted by atomic mass is 79.9. The molecule has 0 N–H and O–H groups in total. The molecule has 0 aromatic heterocycles. The summed E-state index contributed by atoms with van der Waals surface area (Å²) < 4.78 is 0. The summed E-state index contributed by atoms with van der Waals surface area (Å²) >= 11 is 3.81. The van der Waals surface area contributed by atoms with Gasteiger partial charge in [-0.25, -0.2) is 0 Å². The van der Waals surface area contributed by atoms with Gasteiger partial charge in [0.25, 0.3) is 0 Å². The Morgan fingerprint density at radius 2 is 2.08 bits per heavy atom. The lowest BCUT2D eigenvalue weighted by Crippen LogP contribution is -2.33. The van der Waals surface area contributed by atoms with E-state index in [1.807, 2.05) is 0 Å². The fourth-order valence-corrected chi connectivity index (χ4v) is 3.46. The molecule has 72 valence electrons. The van der Waals surface area contributed by atoms with E-state index in [2.05, 4.69) is 36.7 Å². The van der Waals surface area contributed by atoms with E-state index in [4.69, 9.17) is 0 Å². The van der Waals surface area contributed by atoms with Crippen LogP contribution in [0.1, 0.15) is 52.9 Å².